The lowest BCUT2D eigenvalue weighted by Crippen LogP contribution is -2.31. The van der Waals surface area contributed by atoms with Crippen molar-refractivity contribution in [1.82, 2.24) is 14.2 Å². The van der Waals surface area contributed by atoms with Crippen LogP contribution in [0, 0.1) is 0 Å². The molecule has 0 aliphatic carbocycles. The van der Waals surface area contributed by atoms with Gasteiger partial charge >= 0.3 is 0 Å². The van der Waals surface area contributed by atoms with Crippen molar-refractivity contribution >= 4 is 38.8 Å². The fourth-order valence-corrected chi connectivity index (χ4v) is 3.77. The van der Waals surface area contributed by atoms with Gasteiger partial charge in [-0.3, -0.25) is 4.79 Å². The number of sulfonamides is 1. The van der Waals surface area contributed by atoms with Crippen molar-refractivity contribution < 1.29 is 17.6 Å². The summed E-state index contributed by atoms with van der Waals surface area (Å²) in [7, 11) is -0.569. The maximum atomic E-state index is 12.2. The van der Waals surface area contributed by atoms with Gasteiger partial charge in [0, 0.05) is 27.2 Å². The molecule has 0 aliphatic rings. The van der Waals surface area contributed by atoms with Gasteiger partial charge in [0.2, 0.25) is 15.9 Å². The third-order valence-electron chi connectivity index (χ3n) is 3.55. The Morgan fingerprint density at radius 2 is 1.92 bits per heavy atom. The zero-order valence-electron chi connectivity index (χ0n) is 14.1. The molecule has 24 heavy (non-hydrogen) atoms. The molecule has 0 bridgehead atoms. The summed E-state index contributed by atoms with van der Waals surface area (Å²) in [6.45, 7) is 5.18. The lowest BCUT2D eigenvalue weighted by Gasteiger charge is -2.17. The van der Waals surface area contributed by atoms with E-state index >= 15 is 0 Å². The maximum absolute atomic E-state index is 12.2. The Morgan fingerprint density at radius 1 is 1.25 bits per heavy atom. The van der Waals surface area contributed by atoms with Crippen LogP contribution in [0.25, 0.3) is 11.1 Å². The van der Waals surface area contributed by atoms with Crippen LogP contribution < -0.4 is 0 Å². The molecular weight excluding hydrogens is 350 g/mol. The number of hydrogen-bond donors (Lipinski definition) is 0. The summed E-state index contributed by atoms with van der Waals surface area (Å²) >= 11 is 1.20. The summed E-state index contributed by atoms with van der Waals surface area (Å²) in [6.07, 6.45) is 0. The van der Waals surface area contributed by atoms with Crippen molar-refractivity contribution in [3.8, 4) is 0 Å². The van der Waals surface area contributed by atoms with Crippen LogP contribution in [-0.4, -0.2) is 61.5 Å². The van der Waals surface area contributed by atoms with Gasteiger partial charge in [-0.15, -0.1) is 0 Å². The second kappa shape index (κ2) is 7.54. The van der Waals surface area contributed by atoms with Gasteiger partial charge < -0.3 is 9.32 Å². The van der Waals surface area contributed by atoms with E-state index in [1.165, 1.54) is 38.0 Å². The van der Waals surface area contributed by atoms with E-state index < -0.39 is 10.0 Å². The molecule has 0 aliphatic heterocycles. The van der Waals surface area contributed by atoms with Crippen LogP contribution in [0.3, 0.4) is 0 Å². The molecule has 0 radical (unpaired) electrons. The third kappa shape index (κ3) is 3.90. The molecule has 1 aromatic carbocycles. The maximum Gasteiger partial charge on any atom is 0.257 e. The number of rotatable bonds is 7. The zero-order chi connectivity index (χ0) is 17.9. The molecule has 1 heterocycles. The standard InChI is InChI=1S/C15H21N3O4S2/c1-5-18(6-2)14(19)10-23-15-16-12-9-11(7-8-13(12)22-15)24(20,21)17(3)4/h7-9H,5-6,10H2,1-4H3. The normalized spacial score (nSPS) is 12.0. The quantitative estimate of drug-likeness (QED) is 0.693. The molecule has 0 N–H and O–H groups in total. The predicted octanol–water partition coefficient (Wildman–Crippen LogP) is 2.04. The Bertz CT molecular complexity index is 826. The highest BCUT2D eigenvalue weighted by Crippen LogP contribution is 2.26. The monoisotopic (exact) mass is 371 g/mol. The van der Waals surface area contributed by atoms with E-state index in [9.17, 15) is 13.2 Å². The van der Waals surface area contributed by atoms with Crippen LogP contribution in [0.4, 0.5) is 0 Å². The summed E-state index contributed by atoms with van der Waals surface area (Å²) in [5.74, 6) is 0.250. The summed E-state index contributed by atoms with van der Waals surface area (Å²) < 4.78 is 31.0. The molecular formula is C15H21N3O4S2. The first kappa shape index (κ1) is 18.8. The molecule has 0 unspecified atom stereocenters. The first-order chi connectivity index (χ1) is 11.3. The second-order valence-corrected chi connectivity index (χ2v) is 8.33. The van der Waals surface area contributed by atoms with Gasteiger partial charge in [0.05, 0.1) is 10.6 Å². The Labute approximate surface area is 146 Å². The Hall–Kier alpha value is -1.58. The molecule has 7 nitrogen and oxygen atoms in total. The number of aromatic nitrogens is 1. The van der Waals surface area contributed by atoms with Crippen molar-refractivity contribution in [2.24, 2.45) is 0 Å². The smallest absolute Gasteiger partial charge is 0.257 e. The van der Waals surface area contributed by atoms with Gasteiger partial charge in [0.15, 0.2) is 5.58 Å². The number of benzene rings is 1. The van der Waals surface area contributed by atoms with Crippen molar-refractivity contribution in [3.05, 3.63) is 18.2 Å². The minimum Gasteiger partial charge on any atom is -0.431 e. The van der Waals surface area contributed by atoms with Crippen molar-refractivity contribution in [2.75, 3.05) is 32.9 Å². The molecule has 2 rings (SSSR count). The van der Waals surface area contributed by atoms with Gasteiger partial charge in [-0.2, -0.15) is 0 Å². The van der Waals surface area contributed by atoms with E-state index in [0.717, 1.165) is 4.31 Å². The first-order valence-electron chi connectivity index (χ1n) is 7.53. The molecule has 1 amide bonds. The number of carbonyl (C=O) groups excluding carboxylic acids is 1. The van der Waals surface area contributed by atoms with Crippen molar-refractivity contribution in [2.45, 2.75) is 24.0 Å². The molecule has 132 valence electrons. The van der Waals surface area contributed by atoms with Gasteiger partial charge in [0.25, 0.3) is 5.22 Å². The van der Waals surface area contributed by atoms with E-state index in [-0.39, 0.29) is 16.6 Å². The van der Waals surface area contributed by atoms with Crippen LogP contribution in [-0.2, 0) is 14.8 Å². The summed E-state index contributed by atoms with van der Waals surface area (Å²) in [6, 6.07) is 4.54. The second-order valence-electron chi connectivity index (χ2n) is 5.25. The molecule has 1 aromatic heterocycles. The van der Waals surface area contributed by atoms with E-state index in [4.69, 9.17) is 4.42 Å². The summed E-state index contributed by atoms with van der Waals surface area (Å²) in [4.78, 5) is 18.2. The molecule has 0 saturated heterocycles. The Balaban J connectivity index is 2.19. The minimum atomic E-state index is -3.52. The van der Waals surface area contributed by atoms with Gasteiger partial charge in [-0.1, -0.05) is 11.8 Å². The molecule has 9 heteroatoms. The predicted molar refractivity (Wildman–Crippen MR) is 93.5 cm³/mol. The van der Waals surface area contributed by atoms with Crippen LogP contribution in [0.5, 0.6) is 0 Å². The number of carbonyl (C=O) groups is 1. The Morgan fingerprint density at radius 3 is 2.50 bits per heavy atom. The molecule has 0 saturated carbocycles. The van der Waals surface area contributed by atoms with Crippen molar-refractivity contribution in [3.63, 3.8) is 0 Å². The number of hydrogen-bond acceptors (Lipinski definition) is 6. The topological polar surface area (TPSA) is 83.7 Å². The van der Waals surface area contributed by atoms with E-state index in [1.807, 2.05) is 13.8 Å². The van der Waals surface area contributed by atoms with Gasteiger partial charge in [0.1, 0.15) is 5.52 Å². The van der Waals surface area contributed by atoms with E-state index in [2.05, 4.69) is 4.98 Å². The SMILES string of the molecule is CCN(CC)C(=O)CSc1nc2cc(S(=O)(=O)N(C)C)ccc2o1. The molecule has 0 spiro atoms. The highest BCUT2D eigenvalue weighted by Gasteiger charge is 2.19. The molecule has 0 fully saturated rings. The van der Waals surface area contributed by atoms with Crippen LogP contribution >= 0.6 is 11.8 Å². The van der Waals surface area contributed by atoms with Gasteiger partial charge in [-0.05, 0) is 32.0 Å². The van der Waals surface area contributed by atoms with E-state index in [0.29, 0.717) is 29.4 Å². The van der Waals surface area contributed by atoms with Crippen LogP contribution in [0.2, 0.25) is 0 Å². The number of thioether (sulfide) groups is 1. The molecule has 0 atom stereocenters. The highest BCUT2D eigenvalue weighted by atomic mass is 32.2. The van der Waals surface area contributed by atoms with Crippen LogP contribution in [0.15, 0.2) is 32.7 Å². The number of nitrogens with zero attached hydrogens (tertiary/aromatic N) is 3. The minimum absolute atomic E-state index is 0.0168. The number of amides is 1. The zero-order valence-corrected chi connectivity index (χ0v) is 15.8. The lowest BCUT2D eigenvalue weighted by atomic mass is 10.3. The highest BCUT2D eigenvalue weighted by molar-refractivity contribution is 7.99. The number of fused-ring (bicyclic) bond motifs is 1. The largest absolute Gasteiger partial charge is 0.431 e. The average molecular weight is 371 g/mol. The van der Waals surface area contributed by atoms with Gasteiger partial charge in [-0.25, -0.2) is 17.7 Å². The number of oxazole rings is 1. The Kier molecular flexibility index (Phi) is 5.89. The summed E-state index contributed by atoms with van der Waals surface area (Å²) in [5.41, 5.74) is 0.946. The first-order valence-corrected chi connectivity index (χ1v) is 9.95. The average Bonchev–Trinajstić information content (AvgIpc) is 2.95. The lowest BCUT2D eigenvalue weighted by molar-refractivity contribution is -0.127. The summed E-state index contributed by atoms with van der Waals surface area (Å²) in [5, 5.41) is 0.352. The van der Waals surface area contributed by atoms with E-state index in [1.54, 1.807) is 11.0 Å². The fraction of sp³-hybridized carbons (Fsp3) is 0.467. The van der Waals surface area contributed by atoms with Crippen molar-refractivity contribution in [1.29, 1.82) is 0 Å². The molecule has 2 aromatic rings. The van der Waals surface area contributed by atoms with Crippen LogP contribution in [0.1, 0.15) is 13.8 Å². The third-order valence-corrected chi connectivity index (χ3v) is 6.18. The fourth-order valence-electron chi connectivity index (χ4n) is 2.11.